The molecule has 0 bridgehead atoms. The smallest absolute Gasteiger partial charge is 0.430 e. The molecule has 0 spiro atoms. The van der Waals surface area contributed by atoms with E-state index in [2.05, 4.69) is 5.32 Å². The Morgan fingerprint density at radius 2 is 1.71 bits per heavy atom. The number of nitrogens with zero attached hydrogens (tertiary/aromatic N) is 1. The van der Waals surface area contributed by atoms with Gasteiger partial charge < -0.3 is 24.6 Å². The van der Waals surface area contributed by atoms with E-state index in [4.69, 9.17) is 14.2 Å². The van der Waals surface area contributed by atoms with Crippen LogP contribution >= 0.6 is 0 Å². The molecule has 1 unspecified atom stereocenters. The summed E-state index contributed by atoms with van der Waals surface area (Å²) in [5.74, 6) is 0.651. The Balaban J connectivity index is 1.48. The molecule has 2 aliphatic heterocycles. The van der Waals surface area contributed by atoms with Gasteiger partial charge in [0.05, 0.1) is 6.61 Å². The number of allylic oxidation sites excluding steroid dienone is 1. The molecular weight excluding hydrogens is 610 g/mol. The first-order valence-corrected chi connectivity index (χ1v) is 14.5. The van der Waals surface area contributed by atoms with Crippen LogP contribution in [0.5, 0.6) is 17.2 Å². The van der Waals surface area contributed by atoms with Crippen LogP contribution in [0.25, 0.3) is 6.08 Å². The third kappa shape index (κ3) is 6.16. The number of halogens is 6. The molecule has 2 aromatic rings. The zero-order valence-corrected chi connectivity index (χ0v) is 24.9. The number of ether oxygens (including phenoxy) is 3. The van der Waals surface area contributed by atoms with E-state index in [1.807, 2.05) is 0 Å². The number of fused-ring (bicyclic) bond motifs is 1. The Kier molecular flexibility index (Phi) is 9.67. The Labute approximate surface area is 255 Å². The van der Waals surface area contributed by atoms with E-state index >= 15 is 0 Å². The number of aryl methyl sites for hydroxylation is 1. The second-order valence-corrected chi connectivity index (χ2v) is 10.8. The second-order valence-electron chi connectivity index (χ2n) is 10.8. The standard InChI is InChI=1S/C31H34F6N2O6/c1-4-9-19-15-22(29(42,30(32,33)34)31(35,36)37)16-20(10-5-2)25(19)43-14-8-7-13-39-26(40)28(6-3,38-27(39)41)21-11-12-23-24(17-21)45-18-44-23/h4,9,11-12,15-17,42H,5-8,10,13-14,18H2,1-3H3,(H,38,41)/b9-4-. The van der Waals surface area contributed by atoms with Crippen LogP contribution in [0.15, 0.2) is 36.4 Å². The summed E-state index contributed by atoms with van der Waals surface area (Å²) >= 11 is 0. The number of aliphatic hydroxyl groups is 1. The summed E-state index contributed by atoms with van der Waals surface area (Å²) in [6.07, 6.45) is -7.97. The number of hydrogen-bond acceptors (Lipinski definition) is 6. The van der Waals surface area contributed by atoms with E-state index in [0.29, 0.717) is 48.5 Å². The molecule has 1 saturated heterocycles. The quantitative estimate of drug-likeness (QED) is 0.151. The predicted octanol–water partition coefficient (Wildman–Crippen LogP) is 6.73. The van der Waals surface area contributed by atoms with Gasteiger partial charge in [-0.15, -0.1) is 0 Å². The molecule has 0 aromatic heterocycles. The molecule has 0 radical (unpaired) electrons. The molecule has 0 saturated carbocycles. The maximum Gasteiger partial charge on any atom is 0.430 e. The molecule has 8 nitrogen and oxygen atoms in total. The van der Waals surface area contributed by atoms with Crippen LogP contribution in [-0.2, 0) is 22.4 Å². The molecule has 4 rings (SSSR count). The molecule has 2 aliphatic rings. The lowest BCUT2D eigenvalue weighted by atomic mass is 9.87. The molecule has 2 N–H and O–H groups in total. The van der Waals surface area contributed by atoms with Crippen LogP contribution < -0.4 is 19.5 Å². The minimum Gasteiger partial charge on any atom is -0.493 e. The van der Waals surface area contributed by atoms with Gasteiger partial charge in [-0.2, -0.15) is 26.3 Å². The molecular formula is C31H34F6N2O6. The van der Waals surface area contributed by atoms with Gasteiger partial charge >= 0.3 is 18.4 Å². The molecule has 1 atom stereocenters. The molecule has 2 aromatic carbocycles. The fraction of sp³-hybridized carbons (Fsp3) is 0.484. The van der Waals surface area contributed by atoms with Gasteiger partial charge in [0.25, 0.3) is 11.5 Å². The number of amides is 3. The molecule has 3 amide bonds. The zero-order chi connectivity index (χ0) is 33.2. The summed E-state index contributed by atoms with van der Waals surface area (Å²) in [5, 5.41) is 12.8. The van der Waals surface area contributed by atoms with Crippen LogP contribution in [0, 0.1) is 0 Å². The molecule has 2 heterocycles. The van der Waals surface area contributed by atoms with E-state index in [0.717, 1.165) is 4.90 Å². The van der Waals surface area contributed by atoms with Crippen molar-refractivity contribution < 1.29 is 55.2 Å². The number of alkyl halides is 6. The highest BCUT2D eigenvalue weighted by molar-refractivity contribution is 6.07. The summed E-state index contributed by atoms with van der Waals surface area (Å²) in [5.41, 5.74) is -7.16. The number of nitrogens with one attached hydrogen (secondary N) is 1. The summed E-state index contributed by atoms with van der Waals surface area (Å²) in [4.78, 5) is 27.5. The predicted molar refractivity (Wildman–Crippen MR) is 151 cm³/mol. The Bertz CT molecular complexity index is 1440. The van der Waals surface area contributed by atoms with Crippen LogP contribution in [0.3, 0.4) is 0 Å². The molecule has 246 valence electrons. The van der Waals surface area contributed by atoms with Crippen molar-refractivity contribution in [3.63, 3.8) is 0 Å². The van der Waals surface area contributed by atoms with Crippen LogP contribution in [-0.4, -0.2) is 54.2 Å². The highest BCUT2D eigenvalue weighted by Crippen LogP contribution is 2.51. The van der Waals surface area contributed by atoms with E-state index in [1.54, 1.807) is 32.0 Å². The topological polar surface area (TPSA) is 97.3 Å². The third-order valence-corrected chi connectivity index (χ3v) is 7.89. The third-order valence-electron chi connectivity index (χ3n) is 7.89. The molecule has 14 heteroatoms. The lowest BCUT2D eigenvalue weighted by Gasteiger charge is -2.33. The maximum atomic E-state index is 13.6. The lowest BCUT2D eigenvalue weighted by Crippen LogP contribution is -2.54. The number of carbonyl (C=O) groups excluding carboxylic acids is 2. The average Bonchev–Trinajstić information content (AvgIpc) is 3.54. The average molecular weight is 645 g/mol. The first kappa shape index (κ1) is 33.9. The van der Waals surface area contributed by atoms with Gasteiger partial charge in [-0.05, 0) is 68.0 Å². The van der Waals surface area contributed by atoms with Gasteiger partial charge in [0, 0.05) is 17.7 Å². The van der Waals surface area contributed by atoms with Gasteiger partial charge in [0.1, 0.15) is 11.3 Å². The number of carbonyl (C=O) groups is 2. The second kappa shape index (κ2) is 12.8. The highest BCUT2D eigenvalue weighted by Gasteiger charge is 2.71. The van der Waals surface area contributed by atoms with E-state index < -0.39 is 41.0 Å². The summed E-state index contributed by atoms with van der Waals surface area (Å²) in [6.45, 7) is 5.10. The largest absolute Gasteiger partial charge is 0.493 e. The summed E-state index contributed by atoms with van der Waals surface area (Å²) in [6, 6.07) is 5.76. The van der Waals surface area contributed by atoms with Gasteiger partial charge in [0.15, 0.2) is 11.5 Å². The normalized spacial score (nSPS) is 18.7. The minimum atomic E-state index is -6.03. The van der Waals surface area contributed by atoms with Gasteiger partial charge in [-0.3, -0.25) is 9.69 Å². The van der Waals surface area contributed by atoms with E-state index in [1.165, 1.54) is 19.1 Å². The van der Waals surface area contributed by atoms with Crippen molar-refractivity contribution in [3.8, 4) is 17.2 Å². The maximum absolute atomic E-state index is 13.6. The summed E-state index contributed by atoms with van der Waals surface area (Å²) in [7, 11) is 0. The SMILES string of the molecule is C/C=C\c1cc(C(O)(C(F)(F)F)C(F)(F)F)cc(CCC)c1OCCCCN1C(=O)NC(CC)(c2ccc3c(c2)OCO3)C1=O. The number of hydrogen-bond donors (Lipinski definition) is 2. The highest BCUT2D eigenvalue weighted by atomic mass is 19.4. The van der Waals surface area contributed by atoms with Crippen LogP contribution in [0.1, 0.15) is 68.7 Å². The Morgan fingerprint density at radius 1 is 1.02 bits per heavy atom. The Hall–Kier alpha value is -3.94. The van der Waals surface area contributed by atoms with Crippen molar-refractivity contribution in [1.82, 2.24) is 10.2 Å². The number of urea groups is 1. The van der Waals surface area contributed by atoms with Crippen molar-refractivity contribution in [1.29, 1.82) is 0 Å². The number of rotatable bonds is 12. The fourth-order valence-corrected chi connectivity index (χ4v) is 5.52. The lowest BCUT2D eigenvalue weighted by molar-refractivity contribution is -0.376. The van der Waals surface area contributed by atoms with Crippen LogP contribution in [0.2, 0.25) is 0 Å². The minimum absolute atomic E-state index is 0.00580. The van der Waals surface area contributed by atoms with Crippen molar-refractivity contribution in [2.75, 3.05) is 19.9 Å². The van der Waals surface area contributed by atoms with Gasteiger partial charge in [-0.25, -0.2) is 4.79 Å². The fourth-order valence-electron chi connectivity index (χ4n) is 5.52. The van der Waals surface area contributed by atoms with E-state index in [-0.39, 0.29) is 49.7 Å². The van der Waals surface area contributed by atoms with Crippen molar-refractivity contribution in [3.05, 3.63) is 58.7 Å². The van der Waals surface area contributed by atoms with Crippen molar-refractivity contribution >= 4 is 18.0 Å². The first-order chi connectivity index (χ1) is 21.1. The van der Waals surface area contributed by atoms with Crippen molar-refractivity contribution in [2.24, 2.45) is 0 Å². The number of unbranched alkanes of at least 4 members (excludes halogenated alkanes) is 1. The number of benzene rings is 2. The molecule has 1 fully saturated rings. The van der Waals surface area contributed by atoms with Crippen molar-refractivity contribution in [2.45, 2.75) is 76.4 Å². The zero-order valence-electron chi connectivity index (χ0n) is 24.9. The van der Waals surface area contributed by atoms with Crippen LogP contribution in [0.4, 0.5) is 31.1 Å². The number of imide groups is 1. The molecule has 45 heavy (non-hydrogen) atoms. The first-order valence-electron chi connectivity index (χ1n) is 14.5. The summed E-state index contributed by atoms with van der Waals surface area (Å²) < 4.78 is 98.4. The monoisotopic (exact) mass is 644 g/mol. The Morgan fingerprint density at radius 3 is 2.33 bits per heavy atom. The molecule has 0 aliphatic carbocycles. The van der Waals surface area contributed by atoms with E-state index in [9.17, 15) is 41.0 Å². The van der Waals surface area contributed by atoms with Gasteiger partial charge in [-0.1, -0.05) is 38.5 Å². The van der Waals surface area contributed by atoms with Gasteiger partial charge in [0.2, 0.25) is 6.79 Å².